The molecular weight excluding hydrogens is 208 g/mol. The predicted octanol–water partition coefficient (Wildman–Crippen LogP) is 5.32. The van der Waals surface area contributed by atoms with Crippen LogP contribution in [0.3, 0.4) is 0 Å². The van der Waals surface area contributed by atoms with Gasteiger partial charge in [0.15, 0.2) is 0 Å². The van der Waals surface area contributed by atoms with E-state index in [4.69, 9.17) is 5.11 Å². The summed E-state index contributed by atoms with van der Waals surface area (Å²) in [6.07, 6.45) is 16.1. The molecule has 0 aromatic heterocycles. The Kier molecular flexibility index (Phi) is 14.0. The summed E-state index contributed by atoms with van der Waals surface area (Å²) in [6.45, 7) is 4.93. The second-order valence-corrected chi connectivity index (χ2v) is 5.43. The fourth-order valence-electron chi connectivity index (χ4n) is 2.52. The molecule has 0 aliphatic carbocycles. The highest BCUT2D eigenvalue weighted by Crippen LogP contribution is 2.23. The second-order valence-electron chi connectivity index (χ2n) is 5.43. The van der Waals surface area contributed by atoms with Crippen molar-refractivity contribution < 1.29 is 5.11 Å². The summed E-state index contributed by atoms with van der Waals surface area (Å²) in [5.74, 6) is 0.935. The summed E-state index contributed by atoms with van der Waals surface area (Å²) in [5.41, 5.74) is 0. The van der Waals surface area contributed by atoms with Crippen molar-refractivity contribution in [3.63, 3.8) is 0 Å². The van der Waals surface area contributed by atoms with E-state index < -0.39 is 0 Å². The van der Waals surface area contributed by atoms with Crippen LogP contribution in [0, 0.1) is 5.92 Å². The minimum absolute atomic E-state index is 0.373. The van der Waals surface area contributed by atoms with Gasteiger partial charge in [-0.15, -0.1) is 0 Å². The first-order valence-corrected chi connectivity index (χ1v) is 7.96. The van der Waals surface area contributed by atoms with Crippen molar-refractivity contribution in [3.05, 3.63) is 0 Å². The van der Waals surface area contributed by atoms with Crippen LogP contribution in [0.25, 0.3) is 0 Å². The van der Waals surface area contributed by atoms with Crippen LogP contribution in [0.15, 0.2) is 0 Å². The molecule has 0 aromatic rings. The van der Waals surface area contributed by atoms with E-state index in [1.54, 1.807) is 0 Å². The first-order valence-electron chi connectivity index (χ1n) is 7.96. The van der Waals surface area contributed by atoms with E-state index in [-0.39, 0.29) is 0 Å². The number of aliphatic hydroxyl groups excluding tert-OH is 1. The highest BCUT2D eigenvalue weighted by atomic mass is 16.2. The van der Waals surface area contributed by atoms with E-state index in [9.17, 15) is 0 Å². The zero-order valence-electron chi connectivity index (χ0n) is 12.2. The molecule has 0 bridgehead atoms. The number of rotatable bonds is 13. The molecule has 0 aromatic carbocycles. The van der Waals surface area contributed by atoms with Gasteiger partial charge in [-0.25, -0.2) is 0 Å². The average Bonchev–Trinajstić information content (AvgIpc) is 2.34. The molecule has 0 saturated heterocycles. The van der Waals surface area contributed by atoms with Crippen molar-refractivity contribution in [3.8, 4) is 0 Å². The Balaban J connectivity index is 3.60. The molecule has 0 aliphatic rings. The van der Waals surface area contributed by atoms with Crippen molar-refractivity contribution in [1.29, 1.82) is 0 Å². The lowest BCUT2D eigenvalue weighted by molar-refractivity contribution is 0.273. The van der Waals surface area contributed by atoms with Gasteiger partial charge in [-0.2, -0.15) is 0 Å². The van der Waals surface area contributed by atoms with E-state index in [1.165, 1.54) is 70.6 Å². The van der Waals surface area contributed by atoms with Crippen LogP contribution in [0.1, 0.15) is 90.9 Å². The Labute approximate surface area is 109 Å². The normalized spacial score (nSPS) is 12.9. The number of hydrogen-bond donors (Lipinski definition) is 1. The van der Waals surface area contributed by atoms with E-state index in [2.05, 4.69) is 13.8 Å². The van der Waals surface area contributed by atoms with Gasteiger partial charge in [-0.1, -0.05) is 84.5 Å². The topological polar surface area (TPSA) is 20.2 Å². The predicted molar refractivity (Wildman–Crippen MR) is 77.3 cm³/mol. The van der Waals surface area contributed by atoms with Crippen molar-refractivity contribution in [2.75, 3.05) is 6.61 Å². The largest absolute Gasteiger partial charge is 0.396 e. The van der Waals surface area contributed by atoms with Gasteiger partial charge in [0.25, 0.3) is 0 Å². The summed E-state index contributed by atoms with van der Waals surface area (Å²) in [6, 6.07) is 0. The van der Waals surface area contributed by atoms with Gasteiger partial charge in [-0.3, -0.25) is 0 Å². The first kappa shape index (κ1) is 17.0. The number of unbranched alkanes of at least 4 members (excludes halogenated alkanes) is 6. The molecule has 0 spiro atoms. The quantitative estimate of drug-likeness (QED) is 0.434. The Hall–Kier alpha value is -0.0400. The molecule has 1 atom stereocenters. The fourth-order valence-corrected chi connectivity index (χ4v) is 2.52. The highest BCUT2D eigenvalue weighted by molar-refractivity contribution is 4.61. The third-order valence-corrected chi connectivity index (χ3v) is 3.70. The zero-order chi connectivity index (χ0) is 12.8. The molecule has 1 heteroatoms. The maximum absolute atomic E-state index is 8.84. The standard InChI is InChI=1S/C16H34O/c1-3-5-7-9-13-16(12-8-6-4-2)14-10-11-15-17/h16-17H,3-15H2,1-2H3. The van der Waals surface area contributed by atoms with Gasteiger partial charge in [0.2, 0.25) is 0 Å². The van der Waals surface area contributed by atoms with Crippen LogP contribution in [0.5, 0.6) is 0 Å². The Morgan fingerprint density at radius 2 is 1.12 bits per heavy atom. The molecule has 0 fully saturated rings. The van der Waals surface area contributed by atoms with Crippen LogP contribution in [-0.4, -0.2) is 11.7 Å². The third kappa shape index (κ3) is 12.2. The van der Waals surface area contributed by atoms with Gasteiger partial charge >= 0.3 is 0 Å². The maximum atomic E-state index is 8.84. The summed E-state index contributed by atoms with van der Waals surface area (Å²) in [7, 11) is 0. The lowest BCUT2D eigenvalue weighted by Gasteiger charge is -2.16. The fraction of sp³-hybridized carbons (Fsp3) is 1.00. The molecule has 104 valence electrons. The average molecular weight is 242 g/mol. The summed E-state index contributed by atoms with van der Waals surface area (Å²) >= 11 is 0. The van der Waals surface area contributed by atoms with Crippen molar-refractivity contribution in [2.45, 2.75) is 90.9 Å². The van der Waals surface area contributed by atoms with Gasteiger partial charge in [0, 0.05) is 6.61 Å². The lowest BCUT2D eigenvalue weighted by Crippen LogP contribution is -2.02. The Bertz CT molecular complexity index is 123. The smallest absolute Gasteiger partial charge is 0.0431 e. The van der Waals surface area contributed by atoms with E-state index in [1.807, 2.05) is 0 Å². The second kappa shape index (κ2) is 14.0. The van der Waals surface area contributed by atoms with Crippen LogP contribution in [-0.2, 0) is 0 Å². The van der Waals surface area contributed by atoms with E-state index >= 15 is 0 Å². The van der Waals surface area contributed by atoms with Crippen LogP contribution < -0.4 is 0 Å². The summed E-state index contributed by atoms with van der Waals surface area (Å²) in [5, 5.41) is 8.84. The minimum Gasteiger partial charge on any atom is -0.396 e. The molecule has 0 amide bonds. The molecular formula is C16H34O. The molecule has 0 heterocycles. The SMILES string of the molecule is CCCCCCC(CCCCC)CCCCO. The van der Waals surface area contributed by atoms with Crippen LogP contribution >= 0.6 is 0 Å². The molecule has 1 unspecified atom stereocenters. The minimum atomic E-state index is 0.373. The number of aliphatic hydroxyl groups is 1. The molecule has 1 nitrogen and oxygen atoms in total. The lowest BCUT2D eigenvalue weighted by atomic mass is 9.90. The van der Waals surface area contributed by atoms with Gasteiger partial charge in [-0.05, 0) is 12.3 Å². The van der Waals surface area contributed by atoms with Gasteiger partial charge in [0.1, 0.15) is 0 Å². The van der Waals surface area contributed by atoms with Crippen LogP contribution in [0.4, 0.5) is 0 Å². The molecule has 1 N–H and O–H groups in total. The van der Waals surface area contributed by atoms with Crippen LogP contribution in [0.2, 0.25) is 0 Å². The summed E-state index contributed by atoms with van der Waals surface area (Å²) in [4.78, 5) is 0. The monoisotopic (exact) mass is 242 g/mol. The van der Waals surface area contributed by atoms with Crippen molar-refractivity contribution >= 4 is 0 Å². The maximum Gasteiger partial charge on any atom is 0.0431 e. The van der Waals surface area contributed by atoms with Crippen molar-refractivity contribution in [2.24, 2.45) is 5.92 Å². The molecule has 17 heavy (non-hydrogen) atoms. The third-order valence-electron chi connectivity index (χ3n) is 3.70. The van der Waals surface area contributed by atoms with Gasteiger partial charge < -0.3 is 5.11 Å². The van der Waals surface area contributed by atoms with Crippen molar-refractivity contribution in [1.82, 2.24) is 0 Å². The zero-order valence-corrected chi connectivity index (χ0v) is 12.2. The molecule has 0 saturated carbocycles. The molecule has 0 rings (SSSR count). The molecule has 0 aliphatic heterocycles. The number of hydrogen-bond acceptors (Lipinski definition) is 1. The highest BCUT2D eigenvalue weighted by Gasteiger charge is 2.07. The first-order chi connectivity index (χ1) is 8.35. The van der Waals surface area contributed by atoms with Gasteiger partial charge in [0.05, 0.1) is 0 Å². The van der Waals surface area contributed by atoms with E-state index in [0.717, 1.165) is 12.3 Å². The Morgan fingerprint density at radius 1 is 0.647 bits per heavy atom. The van der Waals surface area contributed by atoms with E-state index in [0.29, 0.717) is 6.61 Å². The Morgan fingerprint density at radius 3 is 1.65 bits per heavy atom. The summed E-state index contributed by atoms with van der Waals surface area (Å²) < 4.78 is 0. The molecule has 0 radical (unpaired) electrons.